The minimum atomic E-state index is -0.656. The van der Waals surface area contributed by atoms with Crippen LogP contribution < -0.4 is 5.32 Å². The summed E-state index contributed by atoms with van der Waals surface area (Å²) in [5.41, 5.74) is 0.179. The fraction of sp³-hybridized carbons (Fsp3) is 0.462. The Morgan fingerprint density at radius 1 is 1.32 bits per heavy atom. The molecular formula is C13H16F2N2OS. The summed E-state index contributed by atoms with van der Waals surface area (Å²) in [7, 11) is 0. The molecule has 0 aromatic heterocycles. The van der Waals surface area contributed by atoms with Crippen LogP contribution in [0.3, 0.4) is 0 Å². The molecule has 6 heteroatoms. The lowest BCUT2D eigenvalue weighted by Gasteiger charge is -2.36. The summed E-state index contributed by atoms with van der Waals surface area (Å²) in [5.74, 6) is -1.26. The maximum Gasteiger partial charge on any atom is 0.173 e. The SMILES string of the molecule is C[C@@H]1CN(C(=S)Nc2ccc(F)cc2F)C[C@@H](C)O1. The van der Waals surface area contributed by atoms with Crippen LogP contribution in [0.4, 0.5) is 14.5 Å². The smallest absolute Gasteiger partial charge is 0.173 e. The third kappa shape index (κ3) is 3.61. The van der Waals surface area contributed by atoms with Crippen molar-refractivity contribution in [3.05, 3.63) is 29.8 Å². The van der Waals surface area contributed by atoms with Crippen LogP contribution in [0.1, 0.15) is 13.8 Å². The van der Waals surface area contributed by atoms with Gasteiger partial charge in [-0.2, -0.15) is 0 Å². The van der Waals surface area contributed by atoms with Crippen molar-refractivity contribution in [2.24, 2.45) is 0 Å². The van der Waals surface area contributed by atoms with E-state index in [0.717, 1.165) is 6.07 Å². The standard InChI is InChI=1S/C13H16F2N2OS/c1-8-6-17(7-9(2)18-8)13(19)16-12-4-3-10(14)5-11(12)15/h3-5,8-9H,6-7H2,1-2H3,(H,16,19)/t8-,9-/m1/s1. The Morgan fingerprint density at radius 2 is 1.95 bits per heavy atom. The number of morpholine rings is 1. The summed E-state index contributed by atoms with van der Waals surface area (Å²) in [4.78, 5) is 1.93. The zero-order chi connectivity index (χ0) is 14.0. The van der Waals surface area contributed by atoms with Crippen LogP contribution in [0.2, 0.25) is 0 Å². The number of nitrogens with zero attached hydrogens (tertiary/aromatic N) is 1. The molecule has 0 amide bonds. The van der Waals surface area contributed by atoms with E-state index in [1.165, 1.54) is 12.1 Å². The van der Waals surface area contributed by atoms with Crippen molar-refractivity contribution in [1.29, 1.82) is 0 Å². The highest BCUT2D eigenvalue weighted by Crippen LogP contribution is 2.17. The van der Waals surface area contributed by atoms with E-state index in [-0.39, 0.29) is 17.9 Å². The zero-order valence-corrected chi connectivity index (χ0v) is 11.6. The zero-order valence-electron chi connectivity index (χ0n) is 10.8. The van der Waals surface area contributed by atoms with Gasteiger partial charge in [0, 0.05) is 19.2 Å². The van der Waals surface area contributed by atoms with Crippen molar-refractivity contribution < 1.29 is 13.5 Å². The van der Waals surface area contributed by atoms with E-state index in [1.54, 1.807) is 0 Å². The fourth-order valence-electron chi connectivity index (χ4n) is 2.13. The first kappa shape index (κ1) is 14.1. The molecule has 0 aliphatic carbocycles. The summed E-state index contributed by atoms with van der Waals surface area (Å²) in [6.45, 7) is 5.23. The van der Waals surface area contributed by atoms with Crippen LogP contribution >= 0.6 is 12.2 Å². The average molecular weight is 286 g/mol. The lowest BCUT2D eigenvalue weighted by molar-refractivity contribution is -0.0473. The Kier molecular flexibility index (Phi) is 4.31. The molecule has 0 radical (unpaired) electrons. The predicted molar refractivity (Wildman–Crippen MR) is 74.2 cm³/mol. The van der Waals surface area contributed by atoms with Crippen molar-refractivity contribution >= 4 is 23.0 Å². The van der Waals surface area contributed by atoms with Crippen molar-refractivity contribution in [2.45, 2.75) is 26.1 Å². The topological polar surface area (TPSA) is 24.5 Å². The third-order valence-corrected chi connectivity index (χ3v) is 3.24. The Morgan fingerprint density at radius 3 is 2.53 bits per heavy atom. The molecule has 19 heavy (non-hydrogen) atoms. The lowest BCUT2D eigenvalue weighted by Crippen LogP contribution is -2.49. The predicted octanol–water partition coefficient (Wildman–Crippen LogP) is 2.77. The molecule has 1 saturated heterocycles. The normalized spacial score (nSPS) is 23.3. The van der Waals surface area contributed by atoms with E-state index >= 15 is 0 Å². The molecule has 3 nitrogen and oxygen atoms in total. The average Bonchev–Trinajstić information content (AvgIpc) is 2.31. The highest BCUT2D eigenvalue weighted by atomic mass is 32.1. The molecule has 1 aliphatic rings. The van der Waals surface area contributed by atoms with E-state index in [2.05, 4.69) is 5.32 Å². The number of ether oxygens (including phenoxy) is 1. The van der Waals surface area contributed by atoms with Gasteiger partial charge in [0.05, 0.1) is 17.9 Å². The Labute approximate surface area is 116 Å². The van der Waals surface area contributed by atoms with Crippen molar-refractivity contribution in [2.75, 3.05) is 18.4 Å². The number of hydrogen-bond donors (Lipinski definition) is 1. The summed E-state index contributed by atoms with van der Waals surface area (Å²) < 4.78 is 31.9. The molecule has 1 fully saturated rings. The largest absolute Gasteiger partial charge is 0.372 e. The van der Waals surface area contributed by atoms with Gasteiger partial charge in [0.2, 0.25) is 0 Å². The molecule has 1 aliphatic heterocycles. The maximum atomic E-state index is 13.5. The minimum Gasteiger partial charge on any atom is -0.372 e. The van der Waals surface area contributed by atoms with E-state index in [0.29, 0.717) is 18.2 Å². The molecule has 1 aromatic carbocycles. The van der Waals surface area contributed by atoms with E-state index in [1.807, 2.05) is 18.7 Å². The van der Waals surface area contributed by atoms with Crippen LogP contribution in [0.15, 0.2) is 18.2 Å². The summed E-state index contributed by atoms with van der Waals surface area (Å²) >= 11 is 5.25. The Hall–Kier alpha value is -1.27. The van der Waals surface area contributed by atoms with Crippen LogP contribution in [-0.4, -0.2) is 35.3 Å². The summed E-state index contributed by atoms with van der Waals surface area (Å²) in [6, 6.07) is 3.36. The van der Waals surface area contributed by atoms with Gasteiger partial charge >= 0.3 is 0 Å². The summed E-state index contributed by atoms with van der Waals surface area (Å²) in [6.07, 6.45) is 0.142. The molecule has 2 rings (SSSR count). The van der Waals surface area contributed by atoms with E-state index in [9.17, 15) is 8.78 Å². The fourth-order valence-corrected chi connectivity index (χ4v) is 2.39. The van der Waals surface area contributed by atoms with E-state index < -0.39 is 11.6 Å². The maximum absolute atomic E-state index is 13.5. The van der Waals surface area contributed by atoms with E-state index in [4.69, 9.17) is 17.0 Å². The molecule has 0 bridgehead atoms. The van der Waals surface area contributed by atoms with Gasteiger partial charge in [-0.25, -0.2) is 8.78 Å². The molecule has 2 atom stereocenters. The van der Waals surface area contributed by atoms with Gasteiger partial charge in [0.1, 0.15) is 11.6 Å². The number of benzene rings is 1. The van der Waals surface area contributed by atoms with Crippen LogP contribution in [0, 0.1) is 11.6 Å². The molecule has 0 spiro atoms. The first-order chi connectivity index (χ1) is 8.95. The molecule has 104 valence electrons. The summed E-state index contributed by atoms with van der Waals surface area (Å²) in [5, 5.41) is 3.23. The first-order valence-corrected chi connectivity index (χ1v) is 6.53. The minimum absolute atomic E-state index is 0.0709. The number of nitrogens with one attached hydrogen (secondary N) is 1. The number of hydrogen-bond acceptors (Lipinski definition) is 2. The first-order valence-electron chi connectivity index (χ1n) is 6.12. The monoisotopic (exact) mass is 286 g/mol. The Bertz CT molecular complexity index is 474. The second-order valence-corrected chi connectivity index (χ2v) is 5.10. The van der Waals surface area contributed by atoms with Gasteiger partial charge in [0.25, 0.3) is 0 Å². The Balaban J connectivity index is 2.04. The number of anilines is 1. The third-order valence-electron chi connectivity index (χ3n) is 2.88. The lowest BCUT2D eigenvalue weighted by atomic mass is 10.2. The van der Waals surface area contributed by atoms with Gasteiger partial charge in [-0.05, 0) is 38.2 Å². The van der Waals surface area contributed by atoms with Gasteiger partial charge in [-0.1, -0.05) is 0 Å². The van der Waals surface area contributed by atoms with Crippen LogP contribution in [0.5, 0.6) is 0 Å². The highest BCUT2D eigenvalue weighted by molar-refractivity contribution is 7.80. The molecule has 1 N–H and O–H groups in total. The van der Waals surface area contributed by atoms with Gasteiger partial charge < -0.3 is 15.0 Å². The van der Waals surface area contributed by atoms with Gasteiger partial charge in [0.15, 0.2) is 5.11 Å². The molecule has 0 unspecified atom stereocenters. The highest BCUT2D eigenvalue weighted by Gasteiger charge is 2.24. The molecule has 0 saturated carbocycles. The quantitative estimate of drug-likeness (QED) is 0.802. The second kappa shape index (κ2) is 5.79. The number of halogens is 2. The second-order valence-electron chi connectivity index (χ2n) is 4.72. The number of thiocarbonyl (C=S) groups is 1. The van der Waals surface area contributed by atoms with Crippen molar-refractivity contribution in [3.63, 3.8) is 0 Å². The van der Waals surface area contributed by atoms with Crippen molar-refractivity contribution in [3.8, 4) is 0 Å². The van der Waals surface area contributed by atoms with Gasteiger partial charge in [-0.15, -0.1) is 0 Å². The van der Waals surface area contributed by atoms with Crippen molar-refractivity contribution in [1.82, 2.24) is 4.90 Å². The number of rotatable bonds is 1. The molecule has 1 heterocycles. The molecular weight excluding hydrogens is 270 g/mol. The van der Waals surface area contributed by atoms with Gasteiger partial charge in [-0.3, -0.25) is 0 Å². The van der Waals surface area contributed by atoms with Crippen LogP contribution in [0.25, 0.3) is 0 Å². The molecule has 1 aromatic rings. The van der Waals surface area contributed by atoms with Crippen LogP contribution in [-0.2, 0) is 4.74 Å².